The van der Waals surface area contributed by atoms with E-state index in [4.69, 9.17) is 35.4 Å². The number of nitrogens with one attached hydrogen (secondary N) is 3. The number of thiocarbonyl (C=S) groups is 1. The molecule has 0 saturated carbocycles. The number of halogens is 2. The summed E-state index contributed by atoms with van der Waals surface area (Å²) < 4.78 is -0.373. The summed E-state index contributed by atoms with van der Waals surface area (Å²) in [6, 6.07) is 3.26. The summed E-state index contributed by atoms with van der Waals surface area (Å²) in [4.78, 5) is 24.1. The Morgan fingerprint density at radius 3 is 2.58 bits per heavy atom. The van der Waals surface area contributed by atoms with Crippen LogP contribution in [0.1, 0.15) is 13.8 Å². The first-order valence-electron chi connectivity index (χ1n) is 7.31. The Morgan fingerprint density at radius 1 is 1.35 bits per heavy atom. The summed E-state index contributed by atoms with van der Waals surface area (Å²) in [5.41, 5.74) is 2.95. The molecule has 0 aromatic heterocycles. The second-order valence-corrected chi connectivity index (χ2v) is 8.91. The summed E-state index contributed by atoms with van der Waals surface area (Å²) in [6.07, 6.45) is -0.917. The van der Waals surface area contributed by atoms with Gasteiger partial charge in [-0.15, -0.1) is 0 Å². The Kier molecular flexibility index (Phi) is 6.46. The fourth-order valence-electron chi connectivity index (χ4n) is 2.32. The third-order valence-corrected chi connectivity index (χ3v) is 5.76. The van der Waals surface area contributed by atoms with Gasteiger partial charge in [0, 0.05) is 12.7 Å². The number of nitrogens with zero attached hydrogens (tertiary/aromatic N) is 2. The lowest BCUT2D eigenvalue weighted by Crippen LogP contribution is -2.61. The molecule has 12 heteroatoms. The topological polar surface area (TPSA) is 96.9 Å². The van der Waals surface area contributed by atoms with Gasteiger partial charge in [-0.05, 0) is 32.0 Å². The zero-order chi connectivity index (χ0) is 19.6. The zero-order valence-corrected chi connectivity index (χ0v) is 17.2. The third kappa shape index (κ3) is 4.44. The molecule has 4 amide bonds. The maximum Gasteiger partial charge on any atom is 0.343 e. The molecule has 142 valence electrons. The van der Waals surface area contributed by atoms with Crippen LogP contribution in [0.3, 0.4) is 0 Å². The van der Waals surface area contributed by atoms with E-state index in [9.17, 15) is 14.8 Å². The second-order valence-electron chi connectivity index (χ2n) is 5.81. The zero-order valence-electron chi connectivity index (χ0n) is 14.0. The van der Waals surface area contributed by atoms with Crippen LogP contribution in [0.5, 0.6) is 0 Å². The summed E-state index contributed by atoms with van der Waals surface area (Å²) >= 11 is 18.3. The Morgan fingerprint density at radius 2 is 2.00 bits per heavy atom. The molecule has 1 atom stereocenters. The van der Waals surface area contributed by atoms with Crippen LogP contribution in [0, 0.1) is 0 Å². The normalized spacial score (nSPS) is 18.5. The van der Waals surface area contributed by atoms with Gasteiger partial charge in [-0.3, -0.25) is 5.21 Å². The van der Waals surface area contributed by atoms with Crippen molar-refractivity contribution in [2.75, 3.05) is 12.4 Å². The standard InChI is InChI=1S/C14H17Cl2N5O3S2/c1-14(2)10(21(24)12(23)17-3)20(13(25)26-14)19-11(22)18-7-4-5-8(15)9(16)6-7/h4-6,10,24H,1-3H3,(H,17,23)(H2,18,19,22)/t10-/m0/s1. The van der Waals surface area contributed by atoms with Crippen LogP contribution >= 0.6 is 47.2 Å². The molecule has 4 N–H and O–H groups in total. The number of rotatable bonds is 3. The van der Waals surface area contributed by atoms with E-state index in [0.29, 0.717) is 20.1 Å². The molecule has 1 fully saturated rings. The lowest BCUT2D eigenvalue weighted by atomic mass is 10.1. The molecular weight excluding hydrogens is 421 g/mol. The summed E-state index contributed by atoms with van der Waals surface area (Å²) in [5, 5.41) is 17.5. The predicted octanol–water partition coefficient (Wildman–Crippen LogP) is 3.50. The average molecular weight is 438 g/mol. The van der Waals surface area contributed by atoms with Gasteiger partial charge in [0.1, 0.15) is 0 Å². The minimum atomic E-state index is -0.917. The van der Waals surface area contributed by atoms with Crippen LogP contribution in [0.25, 0.3) is 0 Å². The SMILES string of the molecule is CNC(=O)N(O)[C@@H]1N(NC(=O)Nc2ccc(Cl)c(Cl)c2)C(=S)SC1(C)C. The fourth-order valence-corrected chi connectivity index (χ4v) is 4.41. The van der Waals surface area contributed by atoms with Crippen molar-refractivity contribution in [3.8, 4) is 0 Å². The Labute approximate surface area is 170 Å². The monoisotopic (exact) mass is 437 g/mol. The van der Waals surface area contributed by atoms with Crippen LogP contribution in [0.4, 0.5) is 15.3 Å². The van der Waals surface area contributed by atoms with Gasteiger partial charge < -0.3 is 10.6 Å². The number of hydrogen-bond acceptors (Lipinski definition) is 5. The van der Waals surface area contributed by atoms with Gasteiger partial charge in [-0.1, -0.05) is 47.2 Å². The second kappa shape index (κ2) is 8.05. The molecule has 0 radical (unpaired) electrons. The molecule has 1 aliphatic rings. The quantitative estimate of drug-likeness (QED) is 0.328. The van der Waals surface area contributed by atoms with Gasteiger partial charge >= 0.3 is 12.1 Å². The Bertz CT molecular complexity index is 749. The molecule has 0 unspecified atom stereocenters. The van der Waals surface area contributed by atoms with Crippen molar-refractivity contribution in [2.45, 2.75) is 24.8 Å². The van der Waals surface area contributed by atoms with E-state index < -0.39 is 23.0 Å². The number of amides is 4. The van der Waals surface area contributed by atoms with Crippen LogP contribution < -0.4 is 16.1 Å². The predicted molar refractivity (Wildman–Crippen MR) is 107 cm³/mol. The van der Waals surface area contributed by atoms with E-state index in [1.165, 1.54) is 29.9 Å². The van der Waals surface area contributed by atoms with Crippen molar-refractivity contribution in [1.29, 1.82) is 0 Å². The van der Waals surface area contributed by atoms with Crippen molar-refractivity contribution in [1.82, 2.24) is 20.8 Å². The maximum absolute atomic E-state index is 12.3. The Balaban J connectivity index is 2.16. The molecule has 0 aliphatic carbocycles. The first-order valence-corrected chi connectivity index (χ1v) is 9.29. The highest BCUT2D eigenvalue weighted by Crippen LogP contribution is 2.41. The van der Waals surface area contributed by atoms with E-state index in [1.807, 2.05) is 0 Å². The number of carbonyl (C=O) groups is 2. The highest BCUT2D eigenvalue weighted by atomic mass is 35.5. The molecule has 2 rings (SSSR count). The first kappa shape index (κ1) is 20.8. The third-order valence-electron chi connectivity index (χ3n) is 3.47. The van der Waals surface area contributed by atoms with Crippen molar-refractivity contribution in [2.24, 2.45) is 0 Å². The van der Waals surface area contributed by atoms with Gasteiger partial charge in [0.05, 0.1) is 14.8 Å². The fraction of sp³-hybridized carbons (Fsp3) is 0.357. The first-order chi connectivity index (χ1) is 12.1. The van der Waals surface area contributed by atoms with E-state index >= 15 is 0 Å². The Hall–Kier alpha value is -1.46. The van der Waals surface area contributed by atoms with Crippen molar-refractivity contribution in [3.05, 3.63) is 28.2 Å². The van der Waals surface area contributed by atoms with Crippen LogP contribution in [-0.2, 0) is 0 Å². The molecule has 0 bridgehead atoms. The molecule has 1 aliphatic heterocycles. The van der Waals surface area contributed by atoms with Crippen molar-refractivity contribution in [3.63, 3.8) is 0 Å². The molecule has 1 saturated heterocycles. The van der Waals surface area contributed by atoms with Gasteiger partial charge in [0.2, 0.25) is 0 Å². The van der Waals surface area contributed by atoms with E-state index in [0.717, 1.165) is 0 Å². The highest BCUT2D eigenvalue weighted by molar-refractivity contribution is 8.24. The summed E-state index contributed by atoms with van der Waals surface area (Å²) in [7, 11) is 1.38. The molecule has 1 aromatic rings. The lowest BCUT2D eigenvalue weighted by Gasteiger charge is -2.36. The molecular formula is C14H17Cl2N5O3S2. The lowest BCUT2D eigenvalue weighted by molar-refractivity contribution is -0.123. The number of hydrogen-bond donors (Lipinski definition) is 4. The number of anilines is 1. The van der Waals surface area contributed by atoms with Crippen molar-refractivity contribution >= 4 is 69.3 Å². The smallest absolute Gasteiger partial charge is 0.339 e. The number of hydroxylamine groups is 2. The van der Waals surface area contributed by atoms with E-state index in [-0.39, 0.29) is 5.02 Å². The van der Waals surface area contributed by atoms with Gasteiger partial charge in [-0.25, -0.2) is 20.0 Å². The van der Waals surface area contributed by atoms with E-state index in [1.54, 1.807) is 26.0 Å². The number of thioether (sulfide) groups is 1. The molecule has 1 heterocycles. The van der Waals surface area contributed by atoms with Crippen LogP contribution in [-0.4, -0.2) is 49.6 Å². The summed E-state index contributed by atoms with van der Waals surface area (Å²) in [6.45, 7) is 3.58. The minimum Gasteiger partial charge on any atom is -0.339 e. The number of hydrazine groups is 1. The summed E-state index contributed by atoms with van der Waals surface area (Å²) in [5.74, 6) is 0. The largest absolute Gasteiger partial charge is 0.343 e. The average Bonchev–Trinajstić information content (AvgIpc) is 2.77. The van der Waals surface area contributed by atoms with Gasteiger partial charge in [0.25, 0.3) is 0 Å². The molecule has 26 heavy (non-hydrogen) atoms. The van der Waals surface area contributed by atoms with Crippen LogP contribution in [0.2, 0.25) is 10.0 Å². The number of carbonyl (C=O) groups excluding carboxylic acids is 2. The molecule has 8 nitrogen and oxygen atoms in total. The maximum atomic E-state index is 12.3. The highest BCUT2D eigenvalue weighted by Gasteiger charge is 2.50. The molecule has 0 spiro atoms. The number of benzene rings is 1. The molecule has 1 aromatic carbocycles. The van der Waals surface area contributed by atoms with E-state index in [2.05, 4.69) is 16.1 Å². The number of urea groups is 2. The van der Waals surface area contributed by atoms with Gasteiger partial charge in [0.15, 0.2) is 10.5 Å². The van der Waals surface area contributed by atoms with Crippen molar-refractivity contribution < 1.29 is 14.8 Å². The van der Waals surface area contributed by atoms with Gasteiger partial charge in [-0.2, -0.15) is 5.06 Å². The van der Waals surface area contributed by atoms with Crippen LogP contribution in [0.15, 0.2) is 18.2 Å². The minimum absolute atomic E-state index is 0.289.